The smallest absolute Gasteiger partial charge is 0.321 e. The minimum atomic E-state index is -2.62. The Morgan fingerprint density at radius 2 is 2.00 bits per heavy atom. The Labute approximate surface area is 153 Å². The molecule has 0 bridgehead atoms. The number of nitrogens with one attached hydrogen (secondary N) is 1. The second-order valence-corrected chi connectivity index (χ2v) is 6.25. The number of benzene rings is 1. The van der Waals surface area contributed by atoms with Crippen LogP contribution in [0.2, 0.25) is 5.02 Å². The first-order chi connectivity index (χ1) is 12.4. The van der Waals surface area contributed by atoms with Gasteiger partial charge < -0.3 is 10.2 Å². The van der Waals surface area contributed by atoms with Crippen LogP contribution in [0, 0.1) is 5.82 Å². The lowest BCUT2D eigenvalue weighted by atomic mass is 10.3. The van der Waals surface area contributed by atoms with Crippen LogP contribution in [0.25, 0.3) is 0 Å². The molecule has 3 rings (SSSR count). The lowest BCUT2D eigenvalue weighted by Gasteiger charge is -2.34. The molecule has 1 saturated heterocycles. The van der Waals surface area contributed by atoms with Gasteiger partial charge in [0.2, 0.25) is 0 Å². The maximum Gasteiger partial charge on any atom is 0.321 e. The summed E-state index contributed by atoms with van der Waals surface area (Å²) >= 11 is 5.90. The zero-order chi connectivity index (χ0) is 18.7. The number of nitrogens with zero attached hydrogens (tertiary/aromatic N) is 4. The maximum atomic E-state index is 13.0. The third kappa shape index (κ3) is 4.28. The van der Waals surface area contributed by atoms with E-state index in [9.17, 15) is 18.0 Å². The summed E-state index contributed by atoms with van der Waals surface area (Å²) in [6, 6.07) is 3.40. The number of hydrogen-bond donors (Lipinski definition) is 1. The maximum absolute atomic E-state index is 13.0. The van der Waals surface area contributed by atoms with Crippen LogP contribution in [-0.4, -0.2) is 51.6 Å². The van der Waals surface area contributed by atoms with Gasteiger partial charge in [0.05, 0.1) is 17.3 Å². The van der Waals surface area contributed by atoms with Crippen molar-refractivity contribution in [1.82, 2.24) is 19.4 Å². The van der Waals surface area contributed by atoms with Crippen molar-refractivity contribution in [2.45, 2.75) is 13.1 Å². The van der Waals surface area contributed by atoms with Gasteiger partial charge in [-0.15, -0.1) is 0 Å². The number of carbonyl (C=O) groups excluding carboxylic acids is 1. The monoisotopic (exact) mass is 387 g/mol. The van der Waals surface area contributed by atoms with E-state index in [0.717, 1.165) is 10.6 Å². The highest BCUT2D eigenvalue weighted by molar-refractivity contribution is 6.33. The molecule has 1 fully saturated rings. The number of urea groups is 1. The summed E-state index contributed by atoms with van der Waals surface area (Å²) in [6.45, 7) is -0.419. The van der Waals surface area contributed by atoms with E-state index >= 15 is 0 Å². The molecule has 0 atom stereocenters. The Bertz CT molecular complexity index is 777. The quantitative estimate of drug-likeness (QED) is 0.874. The van der Waals surface area contributed by atoms with Crippen LogP contribution in [-0.2, 0) is 6.54 Å². The van der Waals surface area contributed by atoms with Crippen LogP contribution in [0.5, 0.6) is 0 Å². The number of halogens is 4. The first-order valence-corrected chi connectivity index (χ1v) is 8.35. The normalized spacial score (nSPS) is 15.5. The third-order valence-electron chi connectivity index (χ3n) is 4.16. The van der Waals surface area contributed by atoms with Crippen molar-refractivity contribution in [2.24, 2.45) is 0 Å². The molecule has 0 spiro atoms. The van der Waals surface area contributed by atoms with Crippen molar-refractivity contribution in [3.8, 4) is 0 Å². The largest absolute Gasteiger partial charge is 0.322 e. The van der Waals surface area contributed by atoms with Crippen molar-refractivity contribution in [3.05, 3.63) is 47.3 Å². The fourth-order valence-corrected chi connectivity index (χ4v) is 2.95. The van der Waals surface area contributed by atoms with Gasteiger partial charge in [-0.05, 0) is 18.2 Å². The predicted octanol–water partition coefficient (Wildman–Crippen LogP) is 3.42. The molecule has 2 amide bonds. The molecule has 0 aliphatic carbocycles. The summed E-state index contributed by atoms with van der Waals surface area (Å²) in [7, 11) is 0. The first kappa shape index (κ1) is 18.5. The van der Waals surface area contributed by atoms with E-state index in [1.54, 1.807) is 4.90 Å². The van der Waals surface area contributed by atoms with Gasteiger partial charge in [0.1, 0.15) is 11.6 Å². The van der Waals surface area contributed by atoms with Gasteiger partial charge in [0, 0.05) is 38.6 Å². The van der Waals surface area contributed by atoms with Crippen LogP contribution in [0.4, 0.5) is 23.7 Å². The molecule has 140 valence electrons. The number of aromatic nitrogens is 2. The number of anilines is 1. The highest BCUT2D eigenvalue weighted by Crippen LogP contribution is 2.23. The number of carbonyl (C=O) groups is 1. The minimum absolute atomic E-state index is 0.121. The van der Waals surface area contributed by atoms with Gasteiger partial charge in [-0.25, -0.2) is 14.2 Å². The van der Waals surface area contributed by atoms with Crippen molar-refractivity contribution in [1.29, 1.82) is 0 Å². The summed E-state index contributed by atoms with van der Waals surface area (Å²) in [5.41, 5.74) is 0.333. The number of alkyl halides is 2. The number of imidazole rings is 1. The van der Waals surface area contributed by atoms with Gasteiger partial charge in [0.25, 0.3) is 0 Å². The molecular weight excluding hydrogens is 371 g/mol. The van der Waals surface area contributed by atoms with E-state index < -0.39 is 12.4 Å². The topological polar surface area (TPSA) is 53.4 Å². The van der Waals surface area contributed by atoms with E-state index in [-0.39, 0.29) is 23.4 Å². The number of piperazine rings is 1. The molecule has 1 aliphatic rings. The number of amides is 2. The molecule has 1 N–H and O–H groups in total. The summed E-state index contributed by atoms with van der Waals surface area (Å²) in [5, 5.41) is 2.77. The summed E-state index contributed by atoms with van der Waals surface area (Å²) in [6.07, 6.45) is 2.59. The van der Waals surface area contributed by atoms with Gasteiger partial charge >= 0.3 is 12.6 Å². The second-order valence-electron chi connectivity index (χ2n) is 5.85. The molecule has 0 unspecified atom stereocenters. The standard InChI is InChI=1S/C16H17ClF3N5O/c17-12-9-11(18)1-2-13(12)22-16(26)24-7-5-23(6-8-24)10-14-21-3-4-25(14)15(19)20/h1-4,9,15H,5-8,10H2,(H,22,26). The first-order valence-electron chi connectivity index (χ1n) is 7.97. The molecule has 1 aromatic carbocycles. The minimum Gasteiger partial charge on any atom is -0.322 e. The SMILES string of the molecule is O=C(Nc1ccc(F)cc1Cl)N1CCN(Cc2nccn2C(F)F)CC1. The van der Waals surface area contributed by atoms with Gasteiger partial charge in [-0.3, -0.25) is 9.47 Å². The summed E-state index contributed by atoms with van der Waals surface area (Å²) in [5.74, 6) is -0.195. The van der Waals surface area contributed by atoms with E-state index in [1.165, 1.54) is 24.5 Å². The number of hydrogen-bond acceptors (Lipinski definition) is 3. The van der Waals surface area contributed by atoms with E-state index in [4.69, 9.17) is 11.6 Å². The lowest BCUT2D eigenvalue weighted by molar-refractivity contribution is 0.0620. The van der Waals surface area contributed by atoms with Crippen LogP contribution >= 0.6 is 11.6 Å². The number of rotatable bonds is 4. The molecule has 0 radical (unpaired) electrons. The second kappa shape index (κ2) is 7.96. The average molecular weight is 388 g/mol. The highest BCUT2D eigenvalue weighted by Gasteiger charge is 2.23. The van der Waals surface area contributed by atoms with E-state index in [1.807, 2.05) is 4.90 Å². The summed E-state index contributed by atoms with van der Waals surface area (Å²) in [4.78, 5) is 19.8. The van der Waals surface area contributed by atoms with Crippen molar-refractivity contribution in [2.75, 3.05) is 31.5 Å². The molecule has 0 saturated carbocycles. The van der Waals surface area contributed by atoms with Crippen LogP contribution in [0.1, 0.15) is 12.4 Å². The average Bonchev–Trinajstić information content (AvgIpc) is 3.06. The van der Waals surface area contributed by atoms with Gasteiger partial charge in [0.15, 0.2) is 0 Å². The molecule has 1 aromatic heterocycles. The van der Waals surface area contributed by atoms with Gasteiger partial charge in [-0.2, -0.15) is 8.78 Å². The van der Waals surface area contributed by atoms with E-state index in [0.29, 0.717) is 31.9 Å². The zero-order valence-corrected chi connectivity index (χ0v) is 14.5. The molecular formula is C16H17ClF3N5O. The summed E-state index contributed by atoms with van der Waals surface area (Å²) < 4.78 is 39.6. The van der Waals surface area contributed by atoms with Crippen molar-refractivity contribution in [3.63, 3.8) is 0 Å². The van der Waals surface area contributed by atoms with Crippen LogP contribution < -0.4 is 5.32 Å². The fraction of sp³-hybridized carbons (Fsp3) is 0.375. The molecule has 6 nitrogen and oxygen atoms in total. The van der Waals surface area contributed by atoms with Crippen molar-refractivity contribution < 1.29 is 18.0 Å². The van der Waals surface area contributed by atoms with Crippen molar-refractivity contribution >= 4 is 23.3 Å². The molecule has 26 heavy (non-hydrogen) atoms. The lowest BCUT2D eigenvalue weighted by Crippen LogP contribution is -2.49. The molecule has 2 heterocycles. The Morgan fingerprint density at radius 3 is 2.65 bits per heavy atom. The molecule has 1 aliphatic heterocycles. The van der Waals surface area contributed by atoms with Crippen LogP contribution in [0.15, 0.2) is 30.6 Å². The molecule has 2 aromatic rings. The zero-order valence-electron chi connectivity index (χ0n) is 13.7. The predicted molar refractivity (Wildman–Crippen MR) is 90.8 cm³/mol. The molecule has 10 heteroatoms. The Kier molecular flexibility index (Phi) is 5.67. The Balaban J connectivity index is 1.53. The van der Waals surface area contributed by atoms with Crippen LogP contribution in [0.3, 0.4) is 0 Å². The van der Waals surface area contributed by atoms with Gasteiger partial charge in [-0.1, -0.05) is 11.6 Å². The third-order valence-corrected chi connectivity index (χ3v) is 4.47. The Hall–Kier alpha value is -2.26. The van der Waals surface area contributed by atoms with E-state index in [2.05, 4.69) is 10.3 Å². The highest BCUT2D eigenvalue weighted by atomic mass is 35.5. The Morgan fingerprint density at radius 1 is 1.27 bits per heavy atom. The fourth-order valence-electron chi connectivity index (χ4n) is 2.74.